The molecule has 162 valence electrons. The van der Waals surface area contributed by atoms with E-state index in [4.69, 9.17) is 16.0 Å². The molecular weight excluding hydrogens is 494 g/mol. The molecule has 0 saturated carbocycles. The molecule has 32 heavy (non-hydrogen) atoms. The van der Waals surface area contributed by atoms with Crippen LogP contribution in [0.5, 0.6) is 0 Å². The molecule has 0 bridgehead atoms. The SMILES string of the molecule is CCCCc1nc(C(=O)O)c(Cl)n1Cc1c2ccocc-2c(Br)c1-c1ccccc1C#N. The summed E-state index contributed by atoms with van der Waals surface area (Å²) < 4.78 is 7.96. The van der Waals surface area contributed by atoms with E-state index in [1.54, 1.807) is 23.2 Å². The molecule has 1 aliphatic carbocycles. The van der Waals surface area contributed by atoms with Crippen molar-refractivity contribution < 1.29 is 14.3 Å². The molecule has 2 aliphatic rings. The van der Waals surface area contributed by atoms with E-state index < -0.39 is 5.97 Å². The van der Waals surface area contributed by atoms with Crippen LogP contribution in [0.15, 0.2) is 51.7 Å². The lowest BCUT2D eigenvalue weighted by Crippen LogP contribution is -2.07. The predicted octanol–water partition coefficient (Wildman–Crippen LogP) is 6.62. The van der Waals surface area contributed by atoms with Crippen LogP contribution in [0.1, 0.15) is 47.2 Å². The van der Waals surface area contributed by atoms with Crippen LogP contribution >= 0.6 is 27.5 Å². The van der Waals surface area contributed by atoms with Gasteiger partial charge in [-0.2, -0.15) is 5.26 Å². The van der Waals surface area contributed by atoms with Gasteiger partial charge < -0.3 is 14.1 Å². The molecule has 1 aromatic carbocycles. The van der Waals surface area contributed by atoms with Gasteiger partial charge in [-0.3, -0.25) is 0 Å². The molecule has 8 heteroatoms. The van der Waals surface area contributed by atoms with Crippen molar-refractivity contribution in [1.82, 2.24) is 9.55 Å². The third-order valence-corrected chi connectivity index (χ3v) is 6.65. The lowest BCUT2D eigenvalue weighted by molar-refractivity contribution is 0.0691. The summed E-state index contributed by atoms with van der Waals surface area (Å²) in [6, 6.07) is 11.5. The van der Waals surface area contributed by atoms with E-state index in [-0.39, 0.29) is 10.8 Å². The normalized spacial score (nSPS) is 11.1. The molecule has 0 saturated heterocycles. The van der Waals surface area contributed by atoms with E-state index in [1.807, 2.05) is 24.3 Å². The highest BCUT2D eigenvalue weighted by molar-refractivity contribution is 9.10. The van der Waals surface area contributed by atoms with Crippen LogP contribution < -0.4 is 0 Å². The smallest absolute Gasteiger partial charge is 0.357 e. The van der Waals surface area contributed by atoms with E-state index >= 15 is 0 Å². The van der Waals surface area contributed by atoms with Crippen molar-refractivity contribution in [3.8, 4) is 28.3 Å². The standard InChI is InChI=1S/C24H19BrClN3O3/c1-2-3-8-19-28-22(24(30)31)23(26)29(19)12-17-16-9-10-32-13-18(16)21(25)20(17)15-7-5-4-6-14(15)11-27/h4-7,9-10,13H,2-3,8,12H2,1H3,(H,30,31). The Labute approximate surface area is 198 Å². The summed E-state index contributed by atoms with van der Waals surface area (Å²) in [6.45, 7) is 2.37. The summed E-state index contributed by atoms with van der Waals surface area (Å²) in [5.74, 6) is -0.534. The summed E-state index contributed by atoms with van der Waals surface area (Å²) in [6.07, 6.45) is 5.66. The Morgan fingerprint density at radius 2 is 2.06 bits per heavy atom. The van der Waals surface area contributed by atoms with Gasteiger partial charge in [0.25, 0.3) is 0 Å². The Hall–Kier alpha value is -3.08. The molecule has 1 aromatic heterocycles. The van der Waals surface area contributed by atoms with Crippen molar-refractivity contribution >= 4 is 33.5 Å². The van der Waals surface area contributed by atoms with Gasteiger partial charge in [-0.15, -0.1) is 0 Å². The maximum atomic E-state index is 11.7. The number of carboxylic acid groups (broad SMARTS) is 1. The van der Waals surface area contributed by atoms with Gasteiger partial charge in [-0.05, 0) is 45.6 Å². The first-order chi connectivity index (χ1) is 15.5. The summed E-state index contributed by atoms with van der Waals surface area (Å²) in [4.78, 5) is 16.0. The highest BCUT2D eigenvalue weighted by atomic mass is 79.9. The molecule has 0 amide bonds. The minimum absolute atomic E-state index is 0.0919. The summed E-state index contributed by atoms with van der Waals surface area (Å²) >= 11 is 10.2. The number of carboxylic acids is 1. The molecule has 1 aliphatic heterocycles. The number of aromatic carboxylic acids is 1. The molecule has 4 rings (SSSR count). The zero-order chi connectivity index (χ0) is 22.8. The fourth-order valence-corrected chi connectivity index (χ4v) is 4.94. The van der Waals surface area contributed by atoms with Crippen LogP contribution in [-0.2, 0) is 13.0 Å². The number of nitrogens with zero attached hydrogens (tertiary/aromatic N) is 3. The molecule has 0 unspecified atom stereocenters. The quantitative estimate of drug-likeness (QED) is 0.300. The minimum Gasteiger partial charge on any atom is -0.476 e. The highest BCUT2D eigenvalue weighted by Gasteiger charge is 2.27. The number of rotatable bonds is 7. The first kappa shape index (κ1) is 22.1. The van der Waals surface area contributed by atoms with Crippen LogP contribution in [0.3, 0.4) is 0 Å². The van der Waals surface area contributed by atoms with Gasteiger partial charge in [0.05, 0.1) is 30.7 Å². The van der Waals surface area contributed by atoms with Crippen LogP contribution in [-0.4, -0.2) is 20.6 Å². The van der Waals surface area contributed by atoms with E-state index in [1.165, 1.54) is 0 Å². The molecule has 0 fully saturated rings. The zero-order valence-electron chi connectivity index (χ0n) is 17.2. The second-order valence-corrected chi connectivity index (χ2v) is 8.52. The Kier molecular flexibility index (Phi) is 6.35. The van der Waals surface area contributed by atoms with Crippen LogP contribution in [0, 0.1) is 11.3 Å². The maximum absolute atomic E-state index is 11.7. The predicted molar refractivity (Wildman–Crippen MR) is 125 cm³/mol. The summed E-state index contributed by atoms with van der Waals surface area (Å²) in [7, 11) is 0. The average Bonchev–Trinajstić information content (AvgIpc) is 3.27. The molecule has 0 spiro atoms. The van der Waals surface area contributed by atoms with Crippen molar-refractivity contribution in [2.75, 3.05) is 0 Å². The van der Waals surface area contributed by atoms with Crippen molar-refractivity contribution in [2.45, 2.75) is 32.7 Å². The van der Waals surface area contributed by atoms with Gasteiger partial charge >= 0.3 is 5.97 Å². The number of fused-ring (bicyclic) bond motifs is 1. The topological polar surface area (TPSA) is 92.0 Å². The van der Waals surface area contributed by atoms with Gasteiger partial charge in [0.2, 0.25) is 0 Å². The number of aryl methyl sites for hydroxylation is 1. The average molecular weight is 513 g/mol. The number of unbranched alkanes of at least 4 members (excludes halogenated alkanes) is 1. The third-order valence-electron chi connectivity index (χ3n) is 5.45. The van der Waals surface area contributed by atoms with Crippen molar-refractivity contribution in [3.05, 3.63) is 75.1 Å². The van der Waals surface area contributed by atoms with E-state index in [0.29, 0.717) is 24.4 Å². The Bertz CT molecular complexity index is 1320. The van der Waals surface area contributed by atoms with Gasteiger partial charge in [-0.25, -0.2) is 9.78 Å². The number of imidazole rings is 1. The molecule has 0 radical (unpaired) electrons. The zero-order valence-corrected chi connectivity index (χ0v) is 19.6. The third kappa shape index (κ3) is 3.81. The Morgan fingerprint density at radius 1 is 1.28 bits per heavy atom. The van der Waals surface area contributed by atoms with E-state index in [0.717, 1.165) is 45.1 Å². The number of aromatic nitrogens is 2. The number of halogens is 2. The molecule has 0 atom stereocenters. The fraction of sp³-hybridized carbons (Fsp3) is 0.208. The molecule has 2 heterocycles. The van der Waals surface area contributed by atoms with Crippen molar-refractivity contribution in [2.24, 2.45) is 0 Å². The van der Waals surface area contributed by atoms with Crippen LogP contribution in [0.2, 0.25) is 5.15 Å². The molecular formula is C24H19BrClN3O3. The first-order valence-corrected chi connectivity index (χ1v) is 11.3. The van der Waals surface area contributed by atoms with E-state index in [9.17, 15) is 15.2 Å². The summed E-state index contributed by atoms with van der Waals surface area (Å²) in [5, 5.41) is 19.3. The summed E-state index contributed by atoms with van der Waals surface area (Å²) in [5.41, 5.74) is 4.69. The van der Waals surface area contributed by atoms with Gasteiger partial charge in [0.1, 0.15) is 11.0 Å². The fourth-order valence-electron chi connectivity index (χ4n) is 3.90. The molecule has 1 N–H and O–H groups in total. The number of hydrogen-bond donors (Lipinski definition) is 1. The number of benzene rings is 1. The monoisotopic (exact) mass is 511 g/mol. The lowest BCUT2D eigenvalue weighted by atomic mass is 9.98. The maximum Gasteiger partial charge on any atom is 0.357 e. The second kappa shape index (κ2) is 9.19. The van der Waals surface area contributed by atoms with Gasteiger partial charge in [0, 0.05) is 27.6 Å². The first-order valence-electron chi connectivity index (χ1n) is 10.1. The lowest BCUT2D eigenvalue weighted by Gasteiger charge is -2.13. The number of hydrogen-bond acceptors (Lipinski definition) is 4. The minimum atomic E-state index is -1.16. The van der Waals surface area contributed by atoms with E-state index in [2.05, 4.69) is 33.9 Å². The molecule has 6 nitrogen and oxygen atoms in total. The van der Waals surface area contributed by atoms with Crippen molar-refractivity contribution in [1.29, 1.82) is 5.26 Å². The van der Waals surface area contributed by atoms with Crippen LogP contribution in [0.4, 0.5) is 0 Å². The van der Waals surface area contributed by atoms with Gasteiger partial charge in [-0.1, -0.05) is 43.1 Å². The number of nitriles is 1. The van der Waals surface area contributed by atoms with Gasteiger partial charge in [0.15, 0.2) is 5.69 Å². The van der Waals surface area contributed by atoms with Crippen LogP contribution in [0.25, 0.3) is 22.3 Å². The highest BCUT2D eigenvalue weighted by Crippen LogP contribution is 2.47. The Morgan fingerprint density at radius 3 is 2.78 bits per heavy atom. The number of carbonyl (C=O) groups is 1. The molecule has 2 aromatic rings. The van der Waals surface area contributed by atoms with Crippen molar-refractivity contribution in [3.63, 3.8) is 0 Å². The largest absolute Gasteiger partial charge is 0.476 e. The second-order valence-electron chi connectivity index (χ2n) is 7.37. The Balaban J connectivity index is 1.96.